The number of hydrogen-bond donors (Lipinski definition) is 1. The molecule has 1 aromatic carbocycles. The molecule has 2 saturated carbocycles. The predicted octanol–water partition coefficient (Wildman–Crippen LogP) is 4.28. The van der Waals surface area contributed by atoms with Gasteiger partial charge in [-0.2, -0.15) is 11.8 Å². The summed E-state index contributed by atoms with van der Waals surface area (Å²) in [6.45, 7) is 0.537. The molecule has 0 radical (unpaired) electrons. The molecule has 0 unspecified atom stereocenters. The zero-order valence-corrected chi connectivity index (χ0v) is 17.5. The number of benzene rings is 1. The zero-order chi connectivity index (χ0) is 19.4. The summed E-state index contributed by atoms with van der Waals surface area (Å²) in [6, 6.07) is 10.4. The van der Waals surface area contributed by atoms with Gasteiger partial charge in [0.2, 0.25) is 11.8 Å². The molecule has 2 atom stereocenters. The topological polar surface area (TPSA) is 49.4 Å². The van der Waals surface area contributed by atoms with E-state index in [2.05, 4.69) is 17.4 Å². The average molecular weight is 401 g/mol. The van der Waals surface area contributed by atoms with Crippen LogP contribution in [-0.4, -0.2) is 39.3 Å². The Labute approximate surface area is 172 Å². The lowest BCUT2D eigenvalue weighted by Crippen LogP contribution is -2.66. The fourth-order valence-corrected chi connectivity index (χ4v) is 6.77. The van der Waals surface area contributed by atoms with Crippen LogP contribution in [0.1, 0.15) is 69.8 Å². The summed E-state index contributed by atoms with van der Waals surface area (Å²) in [5, 5.41) is 3.60. The summed E-state index contributed by atoms with van der Waals surface area (Å²) >= 11 is 1.85. The van der Waals surface area contributed by atoms with Gasteiger partial charge in [0, 0.05) is 30.0 Å². The minimum absolute atomic E-state index is 0.114. The van der Waals surface area contributed by atoms with Crippen LogP contribution < -0.4 is 5.32 Å². The van der Waals surface area contributed by atoms with Crippen molar-refractivity contribution < 1.29 is 9.59 Å². The van der Waals surface area contributed by atoms with Crippen LogP contribution >= 0.6 is 11.8 Å². The monoisotopic (exact) mass is 400 g/mol. The van der Waals surface area contributed by atoms with E-state index in [1.807, 2.05) is 34.9 Å². The largest absolute Gasteiger partial charge is 0.351 e. The minimum atomic E-state index is -0.691. The van der Waals surface area contributed by atoms with E-state index in [4.69, 9.17) is 0 Å². The van der Waals surface area contributed by atoms with E-state index in [0.29, 0.717) is 13.0 Å². The van der Waals surface area contributed by atoms with Crippen molar-refractivity contribution in [2.75, 3.05) is 5.75 Å². The predicted molar refractivity (Wildman–Crippen MR) is 114 cm³/mol. The van der Waals surface area contributed by atoms with Crippen molar-refractivity contribution in [1.82, 2.24) is 10.2 Å². The average Bonchev–Trinajstić information content (AvgIpc) is 2.87. The van der Waals surface area contributed by atoms with Gasteiger partial charge in [0.05, 0.1) is 0 Å². The first-order chi connectivity index (χ1) is 13.7. The van der Waals surface area contributed by atoms with Gasteiger partial charge in [-0.15, -0.1) is 0 Å². The molecule has 0 spiro atoms. The Hall–Kier alpha value is -1.49. The molecule has 1 saturated heterocycles. The second-order valence-corrected chi connectivity index (χ2v) is 9.86. The molecule has 2 aliphatic carbocycles. The number of rotatable bonds is 4. The maximum atomic E-state index is 13.8. The molecule has 1 N–H and O–H groups in total. The third-order valence-corrected chi connectivity index (χ3v) is 8.21. The van der Waals surface area contributed by atoms with E-state index >= 15 is 0 Å². The van der Waals surface area contributed by atoms with E-state index in [9.17, 15) is 9.59 Å². The van der Waals surface area contributed by atoms with Crippen molar-refractivity contribution in [3.05, 3.63) is 35.9 Å². The van der Waals surface area contributed by atoms with Crippen LogP contribution in [0.4, 0.5) is 0 Å². The number of amides is 2. The smallest absolute Gasteiger partial charge is 0.247 e. The SMILES string of the molecule is O=C1CCS[C@@H]2CCCC[C@]2(C(=O)NC2CCCCC2)N1Cc1ccccc1. The highest BCUT2D eigenvalue weighted by Crippen LogP contribution is 2.44. The lowest BCUT2D eigenvalue weighted by molar-refractivity contribution is -0.150. The molecule has 4 rings (SSSR count). The first-order valence-corrected chi connectivity index (χ1v) is 12.0. The normalized spacial score (nSPS) is 29.1. The number of carbonyl (C=O) groups is 2. The van der Waals surface area contributed by atoms with Gasteiger partial charge in [-0.25, -0.2) is 0 Å². The lowest BCUT2D eigenvalue weighted by atomic mass is 9.77. The number of nitrogens with one attached hydrogen (secondary N) is 1. The maximum Gasteiger partial charge on any atom is 0.247 e. The summed E-state index contributed by atoms with van der Waals surface area (Å²) in [4.78, 5) is 29.0. The molecule has 0 bridgehead atoms. The summed E-state index contributed by atoms with van der Waals surface area (Å²) in [5.41, 5.74) is 0.418. The number of hydrogen-bond acceptors (Lipinski definition) is 3. The third-order valence-electron chi connectivity index (χ3n) is 6.74. The summed E-state index contributed by atoms with van der Waals surface area (Å²) in [6.07, 6.45) is 10.4. The third kappa shape index (κ3) is 3.96. The molecular weight excluding hydrogens is 368 g/mol. The second-order valence-electron chi connectivity index (χ2n) is 8.55. The quantitative estimate of drug-likeness (QED) is 0.821. The van der Waals surface area contributed by atoms with Crippen molar-refractivity contribution in [2.24, 2.45) is 0 Å². The Morgan fingerprint density at radius 2 is 1.82 bits per heavy atom. The molecule has 1 aromatic rings. The van der Waals surface area contributed by atoms with Crippen LogP contribution in [0, 0.1) is 0 Å². The van der Waals surface area contributed by atoms with Crippen molar-refractivity contribution in [3.8, 4) is 0 Å². The number of nitrogens with zero attached hydrogens (tertiary/aromatic N) is 1. The second kappa shape index (κ2) is 8.89. The number of carbonyl (C=O) groups excluding carboxylic acids is 2. The molecule has 1 heterocycles. The van der Waals surface area contributed by atoms with Crippen LogP contribution in [0.25, 0.3) is 0 Å². The molecule has 3 fully saturated rings. The highest BCUT2D eigenvalue weighted by atomic mass is 32.2. The fraction of sp³-hybridized carbons (Fsp3) is 0.652. The molecular formula is C23H32N2O2S. The van der Waals surface area contributed by atoms with Crippen LogP contribution in [0.3, 0.4) is 0 Å². The fourth-order valence-electron chi connectivity index (χ4n) is 5.23. The lowest BCUT2D eigenvalue weighted by Gasteiger charge is -2.49. The van der Waals surface area contributed by atoms with E-state index in [1.165, 1.54) is 19.3 Å². The first kappa shape index (κ1) is 19.8. The molecule has 2 amide bonds. The zero-order valence-electron chi connectivity index (χ0n) is 16.7. The Bertz CT molecular complexity index is 689. The van der Waals surface area contributed by atoms with Gasteiger partial charge in [-0.05, 0) is 31.2 Å². The maximum absolute atomic E-state index is 13.8. The minimum Gasteiger partial charge on any atom is -0.351 e. The van der Waals surface area contributed by atoms with Gasteiger partial charge in [-0.3, -0.25) is 9.59 Å². The van der Waals surface area contributed by atoms with E-state index in [0.717, 1.165) is 49.8 Å². The van der Waals surface area contributed by atoms with Crippen molar-refractivity contribution in [3.63, 3.8) is 0 Å². The van der Waals surface area contributed by atoms with Crippen LogP contribution in [0.2, 0.25) is 0 Å². The van der Waals surface area contributed by atoms with Crippen molar-refractivity contribution >= 4 is 23.6 Å². The van der Waals surface area contributed by atoms with Crippen molar-refractivity contribution in [1.29, 1.82) is 0 Å². The van der Waals surface area contributed by atoms with Gasteiger partial charge in [0.1, 0.15) is 5.54 Å². The standard InChI is InChI=1S/C23H32N2O2S/c26-21-14-16-28-20-13-7-8-15-23(20,22(27)24-19-11-5-2-6-12-19)25(21)17-18-9-3-1-4-10-18/h1,3-4,9-10,19-20H,2,5-8,11-17H2,(H,24,27)/t20-,23+/m1/s1. The van der Waals surface area contributed by atoms with Gasteiger partial charge >= 0.3 is 0 Å². The highest BCUT2D eigenvalue weighted by molar-refractivity contribution is 8.00. The van der Waals surface area contributed by atoms with E-state index < -0.39 is 5.54 Å². The van der Waals surface area contributed by atoms with Crippen LogP contribution in [0.5, 0.6) is 0 Å². The Morgan fingerprint density at radius 3 is 2.61 bits per heavy atom. The molecule has 1 aliphatic heterocycles. The molecule has 4 nitrogen and oxygen atoms in total. The Morgan fingerprint density at radius 1 is 1.07 bits per heavy atom. The molecule has 152 valence electrons. The summed E-state index contributed by atoms with van der Waals surface area (Å²) in [5.74, 6) is 1.08. The molecule has 5 heteroatoms. The Balaban J connectivity index is 1.66. The van der Waals surface area contributed by atoms with Crippen LogP contribution in [0.15, 0.2) is 30.3 Å². The van der Waals surface area contributed by atoms with E-state index in [1.54, 1.807) is 0 Å². The summed E-state index contributed by atoms with van der Waals surface area (Å²) in [7, 11) is 0. The van der Waals surface area contributed by atoms with Gasteiger partial charge in [-0.1, -0.05) is 62.4 Å². The van der Waals surface area contributed by atoms with Gasteiger partial charge in [0.15, 0.2) is 0 Å². The van der Waals surface area contributed by atoms with Gasteiger partial charge in [0.25, 0.3) is 0 Å². The van der Waals surface area contributed by atoms with Crippen molar-refractivity contribution in [2.45, 2.75) is 87.6 Å². The molecule has 28 heavy (non-hydrogen) atoms. The van der Waals surface area contributed by atoms with Crippen LogP contribution in [-0.2, 0) is 16.1 Å². The highest BCUT2D eigenvalue weighted by Gasteiger charge is 2.54. The number of fused-ring (bicyclic) bond motifs is 1. The Kier molecular flexibility index (Phi) is 6.29. The van der Waals surface area contributed by atoms with Gasteiger partial charge < -0.3 is 10.2 Å². The first-order valence-electron chi connectivity index (χ1n) is 11.0. The molecule has 0 aromatic heterocycles. The summed E-state index contributed by atoms with van der Waals surface area (Å²) < 4.78 is 0. The van der Waals surface area contributed by atoms with E-state index in [-0.39, 0.29) is 23.1 Å². The number of thioether (sulfide) groups is 1. The molecule has 3 aliphatic rings.